The second-order valence-electron chi connectivity index (χ2n) is 7.79. The van der Waals surface area contributed by atoms with Crippen LogP contribution in [-0.4, -0.2) is 31.6 Å². The van der Waals surface area contributed by atoms with Crippen LogP contribution < -0.4 is 10.6 Å². The van der Waals surface area contributed by atoms with Gasteiger partial charge in [-0.3, -0.25) is 4.79 Å². The van der Waals surface area contributed by atoms with Gasteiger partial charge in [0, 0.05) is 13.0 Å². The Balaban J connectivity index is 0.00000243. The highest BCUT2D eigenvalue weighted by Gasteiger charge is 2.30. The summed E-state index contributed by atoms with van der Waals surface area (Å²) in [6.07, 6.45) is 4.98. The minimum atomic E-state index is -0.0208. The van der Waals surface area contributed by atoms with Gasteiger partial charge in [-0.1, -0.05) is 36.8 Å². The lowest BCUT2D eigenvalue weighted by molar-refractivity contribution is -0.125. The molecule has 1 amide bonds. The van der Waals surface area contributed by atoms with Gasteiger partial charge in [-0.25, -0.2) is 0 Å². The summed E-state index contributed by atoms with van der Waals surface area (Å²) in [6.45, 7) is 7.26. The van der Waals surface area contributed by atoms with Gasteiger partial charge in [-0.05, 0) is 63.1 Å². The van der Waals surface area contributed by atoms with Crippen molar-refractivity contribution in [3.8, 4) is 0 Å². The number of rotatable bonds is 5. The summed E-state index contributed by atoms with van der Waals surface area (Å²) < 4.78 is 6.02. The number of hydrogen-bond donors (Lipinski definition) is 2. The van der Waals surface area contributed by atoms with Gasteiger partial charge in [-0.2, -0.15) is 0 Å². The van der Waals surface area contributed by atoms with Gasteiger partial charge in [0.2, 0.25) is 5.91 Å². The molecule has 146 valence electrons. The van der Waals surface area contributed by atoms with Crippen LogP contribution in [0.5, 0.6) is 0 Å². The van der Waals surface area contributed by atoms with E-state index in [2.05, 4.69) is 48.7 Å². The molecule has 2 aliphatic rings. The second kappa shape index (κ2) is 10.3. The predicted molar refractivity (Wildman–Crippen MR) is 108 cm³/mol. The molecule has 2 N–H and O–H groups in total. The number of ether oxygens (including phenoxy) is 1. The summed E-state index contributed by atoms with van der Waals surface area (Å²) >= 11 is 0. The minimum Gasteiger partial charge on any atom is -0.371 e. The fraction of sp³-hybridized carbons (Fsp3) is 0.667. The zero-order valence-electron chi connectivity index (χ0n) is 16.0. The SMILES string of the molecule is Cc1ccc(C2OCCCC2NC(=O)CC(C)C2CCNCC2)cc1.Cl. The summed E-state index contributed by atoms with van der Waals surface area (Å²) in [4.78, 5) is 12.6. The van der Waals surface area contributed by atoms with Crippen molar-refractivity contribution < 1.29 is 9.53 Å². The molecular weight excluding hydrogens is 348 g/mol. The van der Waals surface area contributed by atoms with Crippen LogP contribution in [-0.2, 0) is 9.53 Å². The monoisotopic (exact) mass is 380 g/mol. The molecule has 26 heavy (non-hydrogen) atoms. The molecule has 3 unspecified atom stereocenters. The van der Waals surface area contributed by atoms with Crippen molar-refractivity contribution in [2.45, 2.75) is 58.1 Å². The van der Waals surface area contributed by atoms with Crippen LogP contribution in [0, 0.1) is 18.8 Å². The van der Waals surface area contributed by atoms with Gasteiger partial charge < -0.3 is 15.4 Å². The molecule has 3 atom stereocenters. The van der Waals surface area contributed by atoms with Crippen LogP contribution in [0.3, 0.4) is 0 Å². The van der Waals surface area contributed by atoms with E-state index in [1.165, 1.54) is 24.0 Å². The maximum Gasteiger partial charge on any atom is 0.220 e. The molecule has 0 radical (unpaired) electrons. The summed E-state index contributed by atoms with van der Waals surface area (Å²) in [7, 11) is 0. The Hall–Kier alpha value is -1.10. The van der Waals surface area contributed by atoms with E-state index in [0.717, 1.165) is 32.5 Å². The first-order valence-electron chi connectivity index (χ1n) is 9.81. The zero-order valence-corrected chi connectivity index (χ0v) is 16.8. The Morgan fingerprint density at radius 1 is 1.23 bits per heavy atom. The predicted octanol–water partition coefficient (Wildman–Crippen LogP) is 3.78. The molecule has 0 saturated carbocycles. The zero-order chi connectivity index (χ0) is 17.6. The second-order valence-corrected chi connectivity index (χ2v) is 7.79. The van der Waals surface area contributed by atoms with Crippen LogP contribution in [0.4, 0.5) is 0 Å². The van der Waals surface area contributed by atoms with Crippen molar-refractivity contribution in [1.29, 1.82) is 0 Å². The van der Waals surface area contributed by atoms with Crippen molar-refractivity contribution in [3.63, 3.8) is 0 Å². The lowest BCUT2D eigenvalue weighted by Gasteiger charge is -2.33. The third-order valence-electron chi connectivity index (χ3n) is 5.77. The minimum absolute atomic E-state index is 0. The number of benzene rings is 1. The molecule has 5 heteroatoms. The number of carbonyl (C=O) groups is 1. The molecular formula is C21H33ClN2O2. The maximum absolute atomic E-state index is 12.6. The molecule has 0 aromatic heterocycles. The van der Waals surface area contributed by atoms with E-state index in [4.69, 9.17) is 4.74 Å². The van der Waals surface area contributed by atoms with Gasteiger partial charge in [0.25, 0.3) is 0 Å². The average molecular weight is 381 g/mol. The third-order valence-corrected chi connectivity index (χ3v) is 5.77. The van der Waals surface area contributed by atoms with Crippen molar-refractivity contribution >= 4 is 18.3 Å². The van der Waals surface area contributed by atoms with E-state index >= 15 is 0 Å². The fourth-order valence-electron chi connectivity index (χ4n) is 4.15. The number of hydrogen-bond acceptors (Lipinski definition) is 3. The molecule has 2 aliphatic heterocycles. The van der Waals surface area contributed by atoms with Gasteiger partial charge in [0.15, 0.2) is 0 Å². The van der Waals surface area contributed by atoms with E-state index in [-0.39, 0.29) is 30.5 Å². The van der Waals surface area contributed by atoms with E-state index in [1.54, 1.807) is 0 Å². The summed E-state index contributed by atoms with van der Waals surface area (Å²) in [5.41, 5.74) is 2.41. The number of halogens is 1. The third kappa shape index (κ3) is 5.70. The summed E-state index contributed by atoms with van der Waals surface area (Å²) in [6, 6.07) is 8.57. The lowest BCUT2D eigenvalue weighted by Crippen LogP contribution is -2.43. The molecule has 0 aliphatic carbocycles. The molecule has 2 saturated heterocycles. The first-order valence-corrected chi connectivity index (χ1v) is 9.81. The molecule has 0 bridgehead atoms. The molecule has 2 fully saturated rings. The van der Waals surface area contributed by atoms with Gasteiger partial charge in [0.1, 0.15) is 6.10 Å². The van der Waals surface area contributed by atoms with Crippen molar-refractivity contribution in [2.24, 2.45) is 11.8 Å². The standard InChI is InChI=1S/C21H32N2O2.ClH/c1-15-5-7-18(8-6-15)21-19(4-3-13-25-21)23-20(24)14-16(2)17-9-11-22-12-10-17;/h5-8,16-17,19,21-22H,3-4,9-14H2,1-2H3,(H,23,24);1H. The molecule has 3 rings (SSSR count). The van der Waals surface area contributed by atoms with Crippen LogP contribution in [0.2, 0.25) is 0 Å². The topological polar surface area (TPSA) is 50.4 Å². The van der Waals surface area contributed by atoms with Gasteiger partial charge >= 0.3 is 0 Å². The molecule has 1 aromatic rings. The highest BCUT2D eigenvalue weighted by molar-refractivity contribution is 5.85. The van der Waals surface area contributed by atoms with E-state index < -0.39 is 0 Å². The highest BCUT2D eigenvalue weighted by atomic mass is 35.5. The van der Waals surface area contributed by atoms with Crippen LogP contribution in [0.15, 0.2) is 24.3 Å². The van der Waals surface area contributed by atoms with Crippen LogP contribution >= 0.6 is 12.4 Å². The Bertz CT molecular complexity index is 558. The smallest absolute Gasteiger partial charge is 0.220 e. The van der Waals surface area contributed by atoms with Gasteiger partial charge in [0.05, 0.1) is 6.04 Å². The van der Waals surface area contributed by atoms with E-state index in [1.807, 2.05) is 0 Å². The summed E-state index contributed by atoms with van der Waals surface area (Å²) in [5, 5.41) is 6.67. The van der Waals surface area contributed by atoms with Crippen molar-refractivity contribution in [1.82, 2.24) is 10.6 Å². The Kier molecular flexibility index (Phi) is 8.39. The van der Waals surface area contributed by atoms with Crippen molar-refractivity contribution in [3.05, 3.63) is 35.4 Å². The molecule has 1 aromatic carbocycles. The van der Waals surface area contributed by atoms with E-state index in [9.17, 15) is 4.79 Å². The molecule has 0 spiro atoms. The maximum atomic E-state index is 12.6. The molecule has 2 heterocycles. The number of carbonyl (C=O) groups excluding carboxylic acids is 1. The van der Waals surface area contributed by atoms with Crippen LogP contribution in [0.1, 0.15) is 56.3 Å². The number of piperidine rings is 1. The first kappa shape index (κ1) is 21.2. The largest absolute Gasteiger partial charge is 0.371 e. The normalized spacial score (nSPS) is 25.2. The Labute approximate surface area is 163 Å². The van der Waals surface area contributed by atoms with Crippen LogP contribution in [0.25, 0.3) is 0 Å². The van der Waals surface area contributed by atoms with Gasteiger partial charge in [-0.15, -0.1) is 12.4 Å². The Morgan fingerprint density at radius 3 is 2.62 bits per heavy atom. The number of nitrogens with one attached hydrogen (secondary N) is 2. The van der Waals surface area contributed by atoms with Crippen molar-refractivity contribution in [2.75, 3.05) is 19.7 Å². The molecule has 4 nitrogen and oxygen atoms in total. The average Bonchev–Trinajstić information content (AvgIpc) is 2.63. The fourth-order valence-corrected chi connectivity index (χ4v) is 4.15. The quantitative estimate of drug-likeness (QED) is 0.817. The number of aryl methyl sites for hydroxylation is 1. The Morgan fingerprint density at radius 2 is 1.92 bits per heavy atom. The van der Waals surface area contributed by atoms with E-state index in [0.29, 0.717) is 18.3 Å². The highest BCUT2D eigenvalue weighted by Crippen LogP contribution is 2.29. The number of amides is 1. The first-order chi connectivity index (χ1) is 12.1. The summed E-state index contributed by atoms with van der Waals surface area (Å²) in [5.74, 6) is 1.30. The lowest BCUT2D eigenvalue weighted by atomic mass is 9.84.